The Morgan fingerprint density at radius 2 is 1.71 bits per heavy atom. The summed E-state index contributed by atoms with van der Waals surface area (Å²) in [4.78, 5) is 13.3. The Bertz CT molecular complexity index is 1310. The summed E-state index contributed by atoms with van der Waals surface area (Å²) in [7, 11) is -3.66. The number of sulfonamides is 1. The molecule has 1 aliphatic rings. The summed E-state index contributed by atoms with van der Waals surface area (Å²) in [6.45, 7) is 4.92. The Kier molecular flexibility index (Phi) is 7.31. The molecule has 0 atom stereocenters. The average Bonchev–Trinajstić information content (AvgIpc) is 2.84. The second kappa shape index (κ2) is 10.4. The summed E-state index contributed by atoms with van der Waals surface area (Å²) >= 11 is 0. The second-order valence-corrected chi connectivity index (χ2v) is 10.2. The molecule has 34 heavy (non-hydrogen) atoms. The molecule has 0 amide bonds. The molecule has 1 fully saturated rings. The first-order valence-electron chi connectivity index (χ1n) is 11.2. The Hall–Kier alpha value is -3.20. The molecule has 7 nitrogen and oxygen atoms in total. The number of rotatable bonds is 8. The van der Waals surface area contributed by atoms with Gasteiger partial charge in [-0.1, -0.05) is 48.5 Å². The third kappa shape index (κ3) is 5.47. The maximum absolute atomic E-state index is 13.2. The molecule has 0 bridgehead atoms. The molecule has 1 aliphatic heterocycles. The number of carboxylic acid groups (broad SMARTS) is 1. The van der Waals surface area contributed by atoms with Gasteiger partial charge in [-0.3, -0.25) is 4.90 Å². The molecule has 8 heteroatoms. The van der Waals surface area contributed by atoms with Gasteiger partial charge >= 0.3 is 5.97 Å². The smallest absolute Gasteiger partial charge is 0.328 e. The quantitative estimate of drug-likeness (QED) is 0.495. The van der Waals surface area contributed by atoms with Crippen LogP contribution >= 0.6 is 0 Å². The molecule has 3 aromatic carbocycles. The first-order valence-corrected chi connectivity index (χ1v) is 12.6. The lowest BCUT2D eigenvalue weighted by Gasteiger charge is -2.33. The largest absolute Gasteiger partial charge is 0.492 e. The summed E-state index contributed by atoms with van der Waals surface area (Å²) in [5.41, 5.74) is 1.08. The number of ether oxygens (including phenoxy) is 1. The Morgan fingerprint density at radius 1 is 1.00 bits per heavy atom. The Balaban J connectivity index is 1.34. The van der Waals surface area contributed by atoms with Crippen LogP contribution in [0.3, 0.4) is 0 Å². The van der Waals surface area contributed by atoms with Gasteiger partial charge in [-0.25, -0.2) is 13.2 Å². The van der Waals surface area contributed by atoms with E-state index in [1.165, 1.54) is 10.4 Å². The maximum Gasteiger partial charge on any atom is 0.328 e. The summed E-state index contributed by atoms with van der Waals surface area (Å²) < 4.78 is 33.8. The van der Waals surface area contributed by atoms with Crippen molar-refractivity contribution in [2.45, 2.75) is 11.8 Å². The van der Waals surface area contributed by atoms with Crippen molar-refractivity contribution in [2.75, 3.05) is 39.3 Å². The molecule has 1 heterocycles. The number of hydrogen-bond donors (Lipinski definition) is 1. The van der Waals surface area contributed by atoms with Gasteiger partial charge < -0.3 is 9.84 Å². The molecule has 3 aromatic rings. The molecule has 178 valence electrons. The van der Waals surface area contributed by atoms with E-state index in [0.29, 0.717) is 50.5 Å². The van der Waals surface area contributed by atoms with Crippen LogP contribution in [0.4, 0.5) is 0 Å². The second-order valence-electron chi connectivity index (χ2n) is 8.26. The third-order valence-corrected chi connectivity index (χ3v) is 7.91. The van der Waals surface area contributed by atoms with Crippen LogP contribution in [0, 0.1) is 0 Å². The molecular weight excluding hydrogens is 452 g/mol. The maximum atomic E-state index is 13.2. The zero-order valence-corrected chi connectivity index (χ0v) is 19.9. The van der Waals surface area contributed by atoms with Crippen molar-refractivity contribution >= 4 is 32.3 Å². The lowest BCUT2D eigenvalue weighted by molar-refractivity contribution is -0.131. The molecule has 1 N–H and O–H groups in total. The average molecular weight is 481 g/mol. The molecular formula is C26H28N2O5S. The highest BCUT2D eigenvalue weighted by atomic mass is 32.2. The lowest BCUT2D eigenvalue weighted by Crippen LogP contribution is -2.49. The summed E-state index contributed by atoms with van der Waals surface area (Å²) in [6.07, 6.45) is 1.07. The van der Waals surface area contributed by atoms with Crippen LogP contribution in [0.5, 0.6) is 5.75 Å². The van der Waals surface area contributed by atoms with Crippen LogP contribution < -0.4 is 4.74 Å². The monoisotopic (exact) mass is 480 g/mol. The lowest BCUT2D eigenvalue weighted by atomic mass is 10.1. The van der Waals surface area contributed by atoms with Crippen LogP contribution in [0.2, 0.25) is 0 Å². The number of fused-ring (bicyclic) bond motifs is 1. The highest BCUT2D eigenvalue weighted by Gasteiger charge is 2.28. The minimum atomic E-state index is -3.66. The first-order chi connectivity index (χ1) is 16.3. The number of carboxylic acids is 1. The molecule has 0 aromatic heterocycles. The van der Waals surface area contributed by atoms with Crippen molar-refractivity contribution in [1.82, 2.24) is 9.21 Å². The number of carbonyl (C=O) groups is 1. The van der Waals surface area contributed by atoms with Gasteiger partial charge in [-0.05, 0) is 41.6 Å². The van der Waals surface area contributed by atoms with Crippen LogP contribution in [0.25, 0.3) is 16.3 Å². The van der Waals surface area contributed by atoms with E-state index in [0.717, 1.165) is 22.6 Å². The van der Waals surface area contributed by atoms with Crippen molar-refractivity contribution in [2.24, 2.45) is 0 Å². The van der Waals surface area contributed by atoms with E-state index in [9.17, 15) is 13.2 Å². The molecule has 0 spiro atoms. The Morgan fingerprint density at radius 3 is 2.47 bits per heavy atom. The van der Waals surface area contributed by atoms with Gasteiger partial charge in [-0.15, -0.1) is 0 Å². The molecule has 0 saturated carbocycles. The van der Waals surface area contributed by atoms with E-state index in [-0.39, 0.29) is 4.90 Å². The SMILES string of the molecule is C/C(=C\C(=O)O)c1cccc(S(=O)(=O)N2CCN(CCOc3cccc4ccccc34)CC2)c1. The normalized spacial score (nSPS) is 16.0. The van der Waals surface area contributed by atoms with Crippen molar-refractivity contribution in [3.05, 3.63) is 78.4 Å². The van der Waals surface area contributed by atoms with E-state index in [1.807, 2.05) is 30.3 Å². The van der Waals surface area contributed by atoms with E-state index in [1.54, 1.807) is 25.1 Å². The summed E-state index contributed by atoms with van der Waals surface area (Å²) in [6, 6.07) is 20.5. The zero-order chi connectivity index (χ0) is 24.1. The van der Waals surface area contributed by atoms with Crippen molar-refractivity contribution in [3.8, 4) is 5.75 Å². The van der Waals surface area contributed by atoms with Gasteiger partial charge in [0.15, 0.2) is 0 Å². The van der Waals surface area contributed by atoms with Crippen LogP contribution in [-0.2, 0) is 14.8 Å². The van der Waals surface area contributed by atoms with Crippen molar-refractivity contribution in [1.29, 1.82) is 0 Å². The highest BCUT2D eigenvalue weighted by Crippen LogP contribution is 2.25. The number of hydrogen-bond acceptors (Lipinski definition) is 5. The minimum Gasteiger partial charge on any atom is -0.492 e. The van der Waals surface area contributed by atoms with Crippen molar-refractivity contribution in [3.63, 3.8) is 0 Å². The van der Waals surface area contributed by atoms with Gasteiger partial charge in [0.1, 0.15) is 12.4 Å². The van der Waals surface area contributed by atoms with Crippen LogP contribution in [0.1, 0.15) is 12.5 Å². The minimum absolute atomic E-state index is 0.177. The number of aliphatic carboxylic acids is 1. The molecule has 0 radical (unpaired) electrons. The first kappa shape index (κ1) is 23.9. The fourth-order valence-corrected chi connectivity index (χ4v) is 5.59. The number of benzene rings is 3. The van der Waals surface area contributed by atoms with Gasteiger partial charge in [0.2, 0.25) is 10.0 Å². The van der Waals surface area contributed by atoms with Crippen LogP contribution in [0.15, 0.2) is 77.7 Å². The summed E-state index contributed by atoms with van der Waals surface area (Å²) in [5.74, 6) is -0.210. The predicted molar refractivity (Wildman–Crippen MR) is 132 cm³/mol. The summed E-state index contributed by atoms with van der Waals surface area (Å²) in [5, 5.41) is 11.2. The van der Waals surface area contributed by atoms with E-state index in [2.05, 4.69) is 17.0 Å². The standard InChI is InChI=1S/C26H28N2O5S/c1-20(18-26(29)30)22-8-4-9-23(19-22)34(31,32)28-14-12-27(13-15-28)16-17-33-25-11-5-7-21-6-2-3-10-24(21)25/h2-11,18-19H,12-17H2,1H3,(H,29,30)/b20-18+. The van der Waals surface area contributed by atoms with E-state index >= 15 is 0 Å². The molecule has 4 rings (SSSR count). The third-order valence-electron chi connectivity index (χ3n) is 6.01. The number of piperazine rings is 1. The fraction of sp³-hybridized carbons (Fsp3) is 0.269. The van der Waals surface area contributed by atoms with Gasteiger partial charge in [-0.2, -0.15) is 4.31 Å². The van der Waals surface area contributed by atoms with Gasteiger partial charge in [0.05, 0.1) is 4.90 Å². The molecule has 0 aliphatic carbocycles. The highest BCUT2D eigenvalue weighted by molar-refractivity contribution is 7.89. The molecule has 1 saturated heterocycles. The topological polar surface area (TPSA) is 87.1 Å². The predicted octanol–water partition coefficient (Wildman–Crippen LogP) is 3.71. The van der Waals surface area contributed by atoms with E-state index < -0.39 is 16.0 Å². The van der Waals surface area contributed by atoms with Gasteiger partial charge in [0, 0.05) is 44.2 Å². The number of nitrogens with zero attached hydrogens (tertiary/aromatic N) is 2. The van der Waals surface area contributed by atoms with E-state index in [4.69, 9.17) is 9.84 Å². The fourth-order valence-electron chi connectivity index (χ4n) is 4.12. The zero-order valence-electron chi connectivity index (χ0n) is 19.1. The number of allylic oxidation sites excluding steroid dienone is 1. The Labute approximate surface area is 199 Å². The van der Waals surface area contributed by atoms with Gasteiger partial charge in [0.25, 0.3) is 0 Å². The molecule has 0 unspecified atom stereocenters. The van der Waals surface area contributed by atoms with Crippen molar-refractivity contribution < 1.29 is 23.1 Å². The van der Waals surface area contributed by atoms with Crippen LogP contribution in [-0.4, -0.2) is 68.0 Å².